The number of rotatable bonds is 4. The first-order chi connectivity index (χ1) is 11.7. The van der Waals surface area contributed by atoms with Gasteiger partial charge < -0.3 is 9.64 Å². The number of likely N-dealkylation sites (tertiary alicyclic amines) is 1. The lowest BCUT2D eigenvalue weighted by Gasteiger charge is -2.34. The van der Waals surface area contributed by atoms with E-state index in [0.29, 0.717) is 11.8 Å². The highest BCUT2D eigenvalue weighted by Crippen LogP contribution is 2.50. The standard InChI is InChI=1S/C19H22N2O2S/c1-23-16-6-4-15(5-7-16)19(8-9-19)18(22)21-11-2-3-14(13-21)17-20-10-12-24-17/h4-7,10,12,14H,2-3,8-9,11,13H2,1H3/t14-/m1/s1. The number of ether oxygens (including phenoxy) is 1. The Morgan fingerprint density at radius 1 is 1.33 bits per heavy atom. The number of nitrogens with zero attached hydrogens (tertiary/aromatic N) is 2. The van der Waals surface area contributed by atoms with Crippen LogP contribution in [0.25, 0.3) is 0 Å². The maximum atomic E-state index is 13.2. The molecule has 1 aliphatic heterocycles. The van der Waals surface area contributed by atoms with E-state index in [1.165, 1.54) is 5.01 Å². The van der Waals surface area contributed by atoms with Gasteiger partial charge in [0.1, 0.15) is 5.75 Å². The molecule has 0 radical (unpaired) electrons. The molecule has 1 amide bonds. The van der Waals surface area contributed by atoms with E-state index in [-0.39, 0.29) is 5.41 Å². The fourth-order valence-corrected chi connectivity index (χ4v) is 4.53. The van der Waals surface area contributed by atoms with Crippen LogP contribution in [0, 0.1) is 0 Å². The smallest absolute Gasteiger partial charge is 0.233 e. The van der Waals surface area contributed by atoms with E-state index in [4.69, 9.17) is 4.74 Å². The molecule has 1 saturated carbocycles. The second-order valence-corrected chi connectivity index (χ2v) is 7.70. The third-order valence-electron chi connectivity index (χ3n) is 5.31. The summed E-state index contributed by atoms with van der Waals surface area (Å²) in [5, 5.41) is 3.19. The van der Waals surface area contributed by atoms with Crippen LogP contribution >= 0.6 is 11.3 Å². The van der Waals surface area contributed by atoms with Crippen LogP contribution in [0.5, 0.6) is 5.75 Å². The summed E-state index contributed by atoms with van der Waals surface area (Å²) in [6, 6.07) is 8.01. The number of carbonyl (C=O) groups excluding carboxylic acids is 1. The molecule has 1 atom stereocenters. The maximum Gasteiger partial charge on any atom is 0.233 e. The van der Waals surface area contributed by atoms with Gasteiger partial charge in [-0.15, -0.1) is 11.3 Å². The van der Waals surface area contributed by atoms with Crippen molar-refractivity contribution in [1.82, 2.24) is 9.88 Å². The second-order valence-electron chi connectivity index (χ2n) is 6.77. The van der Waals surface area contributed by atoms with Crippen LogP contribution in [-0.2, 0) is 10.2 Å². The lowest BCUT2D eigenvalue weighted by Crippen LogP contribution is -2.44. The van der Waals surface area contributed by atoms with Crippen LogP contribution in [0.15, 0.2) is 35.8 Å². The van der Waals surface area contributed by atoms with Crippen LogP contribution in [-0.4, -0.2) is 36.0 Å². The molecule has 0 unspecified atom stereocenters. The molecule has 2 fully saturated rings. The lowest BCUT2D eigenvalue weighted by atomic mass is 9.91. The molecule has 2 heterocycles. The van der Waals surface area contributed by atoms with Gasteiger partial charge in [-0.3, -0.25) is 4.79 Å². The van der Waals surface area contributed by atoms with Crippen LogP contribution in [0.1, 0.15) is 42.2 Å². The normalized spacial score (nSPS) is 22.2. The van der Waals surface area contributed by atoms with Gasteiger partial charge >= 0.3 is 0 Å². The van der Waals surface area contributed by atoms with Gasteiger partial charge in [-0.1, -0.05) is 12.1 Å². The fourth-order valence-electron chi connectivity index (χ4n) is 3.76. The minimum atomic E-state index is -0.295. The third kappa shape index (κ3) is 2.71. The van der Waals surface area contributed by atoms with E-state index in [1.807, 2.05) is 35.8 Å². The van der Waals surface area contributed by atoms with Gasteiger partial charge in [0, 0.05) is 30.6 Å². The first kappa shape index (κ1) is 15.6. The highest BCUT2D eigenvalue weighted by atomic mass is 32.1. The van der Waals surface area contributed by atoms with Crippen LogP contribution < -0.4 is 4.74 Å². The van der Waals surface area contributed by atoms with E-state index in [2.05, 4.69) is 9.88 Å². The Balaban J connectivity index is 1.52. The van der Waals surface area contributed by atoms with E-state index in [0.717, 1.165) is 50.1 Å². The molecule has 2 aliphatic rings. The molecule has 0 bridgehead atoms. The van der Waals surface area contributed by atoms with Gasteiger partial charge in [0.25, 0.3) is 0 Å². The summed E-state index contributed by atoms with van der Waals surface area (Å²) in [6.45, 7) is 1.68. The number of carbonyl (C=O) groups is 1. The molecular formula is C19H22N2O2S. The Bertz CT molecular complexity index is 707. The summed E-state index contributed by atoms with van der Waals surface area (Å²) in [5.74, 6) is 1.53. The fraction of sp³-hybridized carbons (Fsp3) is 0.474. The van der Waals surface area contributed by atoms with Crippen molar-refractivity contribution < 1.29 is 9.53 Å². The van der Waals surface area contributed by atoms with Crippen LogP contribution in [0.2, 0.25) is 0 Å². The Kier molecular flexibility index (Phi) is 4.04. The largest absolute Gasteiger partial charge is 0.497 e. The van der Waals surface area contributed by atoms with Gasteiger partial charge in [-0.25, -0.2) is 4.98 Å². The molecular weight excluding hydrogens is 320 g/mol. The summed E-state index contributed by atoms with van der Waals surface area (Å²) < 4.78 is 5.23. The number of hydrogen-bond donors (Lipinski definition) is 0. The SMILES string of the molecule is COc1ccc(C2(C(=O)N3CCC[C@@H](c4nccs4)C3)CC2)cc1. The van der Waals surface area contributed by atoms with E-state index in [9.17, 15) is 4.79 Å². The predicted octanol–water partition coefficient (Wildman–Crippen LogP) is 3.59. The van der Waals surface area contributed by atoms with Crippen molar-refractivity contribution in [2.75, 3.05) is 20.2 Å². The number of piperidine rings is 1. The molecule has 126 valence electrons. The number of benzene rings is 1. The monoisotopic (exact) mass is 342 g/mol. The van der Waals surface area contributed by atoms with E-state index >= 15 is 0 Å². The first-order valence-corrected chi connectivity index (χ1v) is 9.44. The van der Waals surface area contributed by atoms with Gasteiger partial charge in [0.15, 0.2) is 0 Å². The van der Waals surface area contributed by atoms with Gasteiger partial charge in [0.05, 0.1) is 17.5 Å². The van der Waals surface area contributed by atoms with Crippen molar-refractivity contribution >= 4 is 17.2 Å². The zero-order chi connectivity index (χ0) is 16.6. The van der Waals surface area contributed by atoms with Crippen molar-refractivity contribution in [3.63, 3.8) is 0 Å². The molecule has 1 aromatic heterocycles. The quantitative estimate of drug-likeness (QED) is 0.853. The van der Waals surface area contributed by atoms with Crippen molar-refractivity contribution in [2.24, 2.45) is 0 Å². The van der Waals surface area contributed by atoms with E-state index < -0.39 is 0 Å². The molecule has 4 nitrogen and oxygen atoms in total. The minimum Gasteiger partial charge on any atom is -0.497 e. The number of thiazole rings is 1. The summed E-state index contributed by atoms with van der Waals surface area (Å²) in [7, 11) is 1.67. The summed E-state index contributed by atoms with van der Waals surface area (Å²) in [4.78, 5) is 19.8. The molecule has 4 rings (SSSR count). The summed E-state index contributed by atoms with van der Waals surface area (Å²) >= 11 is 1.70. The molecule has 24 heavy (non-hydrogen) atoms. The lowest BCUT2D eigenvalue weighted by molar-refractivity contribution is -0.135. The molecule has 5 heteroatoms. The zero-order valence-electron chi connectivity index (χ0n) is 13.9. The number of amides is 1. The van der Waals surface area contributed by atoms with Crippen molar-refractivity contribution in [1.29, 1.82) is 0 Å². The Hall–Kier alpha value is -1.88. The van der Waals surface area contributed by atoms with Gasteiger partial charge in [-0.05, 0) is 43.4 Å². The summed E-state index contributed by atoms with van der Waals surface area (Å²) in [5.41, 5.74) is 0.835. The average molecular weight is 342 g/mol. The topological polar surface area (TPSA) is 42.4 Å². The summed E-state index contributed by atoms with van der Waals surface area (Å²) in [6.07, 6.45) is 5.97. The van der Waals surface area contributed by atoms with Crippen LogP contribution in [0.4, 0.5) is 0 Å². The zero-order valence-corrected chi connectivity index (χ0v) is 14.7. The van der Waals surface area contributed by atoms with Crippen molar-refractivity contribution in [2.45, 2.75) is 37.0 Å². The molecule has 2 aromatic rings. The maximum absolute atomic E-state index is 13.2. The first-order valence-electron chi connectivity index (χ1n) is 8.56. The Labute approximate surface area is 146 Å². The minimum absolute atomic E-state index is 0.295. The third-order valence-corrected chi connectivity index (χ3v) is 6.25. The molecule has 0 spiro atoms. The van der Waals surface area contributed by atoms with Crippen molar-refractivity contribution in [3.05, 3.63) is 46.4 Å². The van der Waals surface area contributed by atoms with Gasteiger partial charge in [0.2, 0.25) is 5.91 Å². The highest BCUT2D eigenvalue weighted by molar-refractivity contribution is 7.09. The molecule has 1 saturated heterocycles. The number of aromatic nitrogens is 1. The van der Waals surface area contributed by atoms with Crippen molar-refractivity contribution in [3.8, 4) is 5.75 Å². The number of methoxy groups -OCH3 is 1. The number of hydrogen-bond acceptors (Lipinski definition) is 4. The second kappa shape index (κ2) is 6.20. The van der Waals surface area contributed by atoms with Crippen LogP contribution in [0.3, 0.4) is 0 Å². The average Bonchev–Trinajstić information content (AvgIpc) is 3.27. The predicted molar refractivity (Wildman–Crippen MR) is 94.6 cm³/mol. The van der Waals surface area contributed by atoms with Gasteiger partial charge in [-0.2, -0.15) is 0 Å². The molecule has 1 aliphatic carbocycles. The van der Waals surface area contributed by atoms with E-state index in [1.54, 1.807) is 18.4 Å². The Morgan fingerprint density at radius 2 is 2.12 bits per heavy atom. The molecule has 1 aromatic carbocycles. The Morgan fingerprint density at radius 3 is 2.75 bits per heavy atom. The molecule has 0 N–H and O–H groups in total. The highest BCUT2D eigenvalue weighted by Gasteiger charge is 2.53.